The molecule has 0 amide bonds. The first-order chi connectivity index (χ1) is 9.62. The standard InChI is InChI=1S/C14H26N4OS/c1-6-19-10-13-16-12(15-3)9-14(17-13)18(4)11(2)7-8-20-5/h9,11H,6-8,10H2,1-5H3,(H,15,16,17). The van der Waals surface area contributed by atoms with E-state index in [9.17, 15) is 0 Å². The Kier molecular flexibility index (Phi) is 7.69. The van der Waals surface area contributed by atoms with Crippen molar-refractivity contribution in [1.82, 2.24) is 9.97 Å². The van der Waals surface area contributed by atoms with Crippen LogP contribution >= 0.6 is 11.8 Å². The monoisotopic (exact) mass is 298 g/mol. The van der Waals surface area contributed by atoms with E-state index in [4.69, 9.17) is 4.74 Å². The third-order valence-corrected chi connectivity index (χ3v) is 3.86. The number of ether oxygens (including phenoxy) is 1. The number of aromatic nitrogens is 2. The van der Waals surface area contributed by atoms with E-state index in [1.165, 1.54) is 0 Å². The van der Waals surface area contributed by atoms with Gasteiger partial charge in [0.2, 0.25) is 0 Å². The normalized spacial score (nSPS) is 12.2. The van der Waals surface area contributed by atoms with Gasteiger partial charge < -0.3 is 15.0 Å². The molecule has 20 heavy (non-hydrogen) atoms. The summed E-state index contributed by atoms with van der Waals surface area (Å²) in [6.45, 7) is 5.31. The molecule has 1 atom stereocenters. The van der Waals surface area contributed by atoms with Gasteiger partial charge in [-0.2, -0.15) is 11.8 Å². The van der Waals surface area contributed by atoms with Crippen LogP contribution in [0.1, 0.15) is 26.1 Å². The van der Waals surface area contributed by atoms with Crippen molar-refractivity contribution in [2.45, 2.75) is 32.9 Å². The van der Waals surface area contributed by atoms with Gasteiger partial charge in [0.25, 0.3) is 0 Å². The molecule has 1 N–H and O–H groups in total. The molecule has 0 aliphatic carbocycles. The Bertz CT molecular complexity index is 403. The zero-order valence-electron chi connectivity index (χ0n) is 13.1. The molecule has 1 rings (SSSR count). The van der Waals surface area contributed by atoms with Crippen LogP contribution in [0.2, 0.25) is 0 Å². The van der Waals surface area contributed by atoms with Crippen molar-refractivity contribution in [3.05, 3.63) is 11.9 Å². The molecule has 0 saturated carbocycles. The number of hydrogen-bond acceptors (Lipinski definition) is 6. The highest BCUT2D eigenvalue weighted by Crippen LogP contribution is 2.19. The van der Waals surface area contributed by atoms with Gasteiger partial charge in [0.15, 0.2) is 5.82 Å². The van der Waals surface area contributed by atoms with Crippen LogP contribution in [0.4, 0.5) is 11.6 Å². The second-order valence-electron chi connectivity index (χ2n) is 4.66. The Morgan fingerprint density at radius 2 is 2.20 bits per heavy atom. The average Bonchev–Trinajstić information content (AvgIpc) is 2.49. The van der Waals surface area contributed by atoms with Gasteiger partial charge in [0.05, 0.1) is 0 Å². The van der Waals surface area contributed by atoms with E-state index in [1.54, 1.807) is 0 Å². The summed E-state index contributed by atoms with van der Waals surface area (Å²) in [4.78, 5) is 11.2. The molecule has 0 spiro atoms. The Hall–Kier alpha value is -1.01. The van der Waals surface area contributed by atoms with Gasteiger partial charge in [-0.15, -0.1) is 0 Å². The molecule has 1 unspecified atom stereocenters. The van der Waals surface area contributed by atoms with Crippen molar-refractivity contribution in [3.8, 4) is 0 Å². The van der Waals surface area contributed by atoms with Crippen molar-refractivity contribution in [3.63, 3.8) is 0 Å². The van der Waals surface area contributed by atoms with Crippen LogP contribution in [0.15, 0.2) is 6.07 Å². The Labute approximate surface area is 126 Å². The van der Waals surface area contributed by atoms with Gasteiger partial charge in [-0.05, 0) is 32.3 Å². The topological polar surface area (TPSA) is 50.3 Å². The fourth-order valence-electron chi connectivity index (χ4n) is 1.76. The average molecular weight is 298 g/mol. The number of nitrogens with one attached hydrogen (secondary N) is 1. The SMILES string of the molecule is CCOCc1nc(NC)cc(N(C)C(C)CCSC)n1. The molecular formula is C14H26N4OS. The minimum atomic E-state index is 0.446. The van der Waals surface area contributed by atoms with Crippen LogP contribution < -0.4 is 10.2 Å². The van der Waals surface area contributed by atoms with Crippen LogP contribution in [0.25, 0.3) is 0 Å². The van der Waals surface area contributed by atoms with Crippen molar-refractivity contribution < 1.29 is 4.74 Å². The quantitative estimate of drug-likeness (QED) is 0.756. The lowest BCUT2D eigenvalue weighted by Gasteiger charge is -2.26. The number of rotatable bonds is 9. The van der Waals surface area contributed by atoms with E-state index < -0.39 is 0 Å². The van der Waals surface area contributed by atoms with Crippen LogP contribution in [0.5, 0.6) is 0 Å². The Morgan fingerprint density at radius 1 is 1.45 bits per heavy atom. The fourth-order valence-corrected chi connectivity index (χ4v) is 2.33. The van der Waals surface area contributed by atoms with Gasteiger partial charge >= 0.3 is 0 Å². The van der Waals surface area contributed by atoms with E-state index in [0.717, 1.165) is 29.6 Å². The third-order valence-electron chi connectivity index (χ3n) is 3.21. The summed E-state index contributed by atoms with van der Waals surface area (Å²) in [5.74, 6) is 3.64. The van der Waals surface area contributed by atoms with Gasteiger partial charge in [-0.25, -0.2) is 9.97 Å². The van der Waals surface area contributed by atoms with Crippen molar-refractivity contribution >= 4 is 23.4 Å². The van der Waals surface area contributed by atoms with E-state index in [2.05, 4.69) is 40.4 Å². The van der Waals surface area contributed by atoms with Crippen molar-refractivity contribution in [2.24, 2.45) is 0 Å². The summed E-state index contributed by atoms with van der Waals surface area (Å²) in [7, 11) is 3.95. The molecule has 5 nitrogen and oxygen atoms in total. The molecular weight excluding hydrogens is 272 g/mol. The minimum Gasteiger partial charge on any atom is -0.374 e. The molecule has 0 saturated heterocycles. The largest absolute Gasteiger partial charge is 0.374 e. The molecule has 1 aromatic rings. The Morgan fingerprint density at radius 3 is 2.80 bits per heavy atom. The lowest BCUT2D eigenvalue weighted by atomic mass is 10.2. The first-order valence-corrected chi connectivity index (χ1v) is 8.37. The van der Waals surface area contributed by atoms with Gasteiger partial charge in [-0.1, -0.05) is 0 Å². The van der Waals surface area contributed by atoms with Gasteiger partial charge in [0.1, 0.15) is 18.2 Å². The lowest BCUT2D eigenvalue weighted by molar-refractivity contribution is 0.128. The van der Waals surface area contributed by atoms with E-state index in [1.807, 2.05) is 31.8 Å². The summed E-state index contributed by atoms with van der Waals surface area (Å²) in [5.41, 5.74) is 0. The molecule has 0 aliphatic heterocycles. The minimum absolute atomic E-state index is 0.446. The number of nitrogens with zero attached hydrogens (tertiary/aromatic N) is 3. The second kappa shape index (κ2) is 9.02. The smallest absolute Gasteiger partial charge is 0.158 e. The van der Waals surface area contributed by atoms with Gasteiger partial charge in [-0.3, -0.25) is 0 Å². The van der Waals surface area contributed by atoms with Crippen LogP contribution in [0, 0.1) is 0 Å². The molecule has 1 heterocycles. The molecule has 0 radical (unpaired) electrons. The zero-order valence-corrected chi connectivity index (χ0v) is 14.0. The molecule has 0 aliphatic rings. The van der Waals surface area contributed by atoms with Crippen molar-refractivity contribution in [1.29, 1.82) is 0 Å². The molecule has 6 heteroatoms. The van der Waals surface area contributed by atoms with E-state index in [0.29, 0.717) is 19.3 Å². The highest BCUT2D eigenvalue weighted by atomic mass is 32.2. The highest BCUT2D eigenvalue weighted by Gasteiger charge is 2.13. The molecule has 0 aromatic carbocycles. The first-order valence-electron chi connectivity index (χ1n) is 6.97. The van der Waals surface area contributed by atoms with E-state index >= 15 is 0 Å². The molecule has 0 fully saturated rings. The maximum absolute atomic E-state index is 5.40. The van der Waals surface area contributed by atoms with Crippen molar-refractivity contribution in [2.75, 3.05) is 42.9 Å². The lowest BCUT2D eigenvalue weighted by Crippen LogP contribution is -2.30. The van der Waals surface area contributed by atoms with E-state index in [-0.39, 0.29) is 0 Å². The van der Waals surface area contributed by atoms with Crippen LogP contribution in [0.3, 0.4) is 0 Å². The Balaban J connectivity index is 2.85. The second-order valence-corrected chi connectivity index (χ2v) is 5.64. The predicted octanol–water partition coefficient (Wildman–Crippen LogP) is 2.63. The third kappa shape index (κ3) is 5.17. The summed E-state index contributed by atoms with van der Waals surface area (Å²) < 4.78 is 5.40. The highest BCUT2D eigenvalue weighted by molar-refractivity contribution is 7.98. The molecule has 1 aromatic heterocycles. The number of hydrogen-bond donors (Lipinski definition) is 1. The fraction of sp³-hybridized carbons (Fsp3) is 0.714. The first kappa shape index (κ1) is 17.0. The summed E-state index contributed by atoms with van der Waals surface area (Å²) >= 11 is 1.87. The maximum atomic E-state index is 5.40. The predicted molar refractivity (Wildman–Crippen MR) is 87.8 cm³/mol. The summed E-state index contributed by atoms with van der Waals surface area (Å²) in [6, 6.07) is 2.42. The molecule has 0 bridgehead atoms. The summed E-state index contributed by atoms with van der Waals surface area (Å²) in [5, 5.41) is 3.08. The zero-order chi connectivity index (χ0) is 15.0. The number of thioether (sulfide) groups is 1. The summed E-state index contributed by atoms with van der Waals surface area (Å²) in [6.07, 6.45) is 3.27. The van der Waals surface area contributed by atoms with Crippen LogP contribution in [-0.4, -0.2) is 48.7 Å². The van der Waals surface area contributed by atoms with Crippen LogP contribution in [-0.2, 0) is 11.3 Å². The maximum Gasteiger partial charge on any atom is 0.158 e. The van der Waals surface area contributed by atoms with Gasteiger partial charge in [0, 0.05) is 32.8 Å². The molecule has 114 valence electrons. The number of anilines is 2.